The highest BCUT2D eigenvalue weighted by molar-refractivity contribution is 7.91. The molecule has 1 amide bonds. The van der Waals surface area contributed by atoms with E-state index in [4.69, 9.17) is 10.8 Å². The van der Waals surface area contributed by atoms with Crippen molar-refractivity contribution < 1.29 is 23.1 Å². The summed E-state index contributed by atoms with van der Waals surface area (Å²) in [4.78, 5) is 22.7. The number of carbonyl (C=O) groups is 2. The molecule has 0 aliphatic rings. The number of rotatable bonds is 9. The Morgan fingerprint density at radius 3 is 2.33 bits per heavy atom. The van der Waals surface area contributed by atoms with Crippen LogP contribution in [-0.2, 0) is 19.4 Å². The molecule has 0 spiro atoms. The van der Waals surface area contributed by atoms with E-state index in [1.165, 1.54) is 0 Å². The third-order valence-corrected chi connectivity index (χ3v) is 4.08. The second-order valence-corrected chi connectivity index (χ2v) is 6.67. The zero-order valence-corrected chi connectivity index (χ0v) is 11.4. The second kappa shape index (κ2) is 7.32. The smallest absolute Gasteiger partial charge is 0.307 e. The minimum atomic E-state index is -3.32. The summed E-state index contributed by atoms with van der Waals surface area (Å²) < 4.78 is 23.0. The summed E-state index contributed by atoms with van der Waals surface area (Å²) in [6.07, 6.45) is -0.183. The van der Waals surface area contributed by atoms with Gasteiger partial charge >= 0.3 is 5.97 Å². The van der Waals surface area contributed by atoms with Crippen LogP contribution in [0.25, 0.3) is 0 Å². The van der Waals surface area contributed by atoms with E-state index in [2.05, 4.69) is 0 Å². The van der Waals surface area contributed by atoms with Crippen molar-refractivity contribution in [2.45, 2.75) is 13.3 Å². The van der Waals surface area contributed by atoms with Crippen LogP contribution in [-0.4, -0.2) is 61.9 Å². The lowest BCUT2D eigenvalue weighted by Crippen LogP contribution is -2.33. The van der Waals surface area contributed by atoms with E-state index in [0.717, 1.165) is 0 Å². The van der Waals surface area contributed by atoms with Gasteiger partial charge in [0.05, 0.1) is 17.4 Å². The fourth-order valence-electron chi connectivity index (χ4n) is 1.29. The Morgan fingerprint density at radius 1 is 1.33 bits per heavy atom. The van der Waals surface area contributed by atoms with Crippen molar-refractivity contribution in [1.29, 1.82) is 0 Å². The molecule has 0 rings (SSSR count). The molecule has 1 unspecified atom stereocenters. The number of carboxylic acids is 1. The summed E-state index contributed by atoms with van der Waals surface area (Å²) in [6, 6.07) is 0. The fourth-order valence-corrected chi connectivity index (χ4v) is 2.60. The van der Waals surface area contributed by atoms with Crippen LogP contribution in [0.4, 0.5) is 0 Å². The molecular formula is C10H20N2O5S. The van der Waals surface area contributed by atoms with E-state index in [1.54, 1.807) is 18.9 Å². The maximum atomic E-state index is 11.5. The van der Waals surface area contributed by atoms with Crippen molar-refractivity contribution >= 4 is 21.7 Å². The quantitative estimate of drug-likeness (QED) is 0.555. The molecule has 0 aliphatic heterocycles. The Morgan fingerprint density at radius 2 is 1.89 bits per heavy atom. The molecule has 0 fully saturated rings. The predicted molar refractivity (Wildman–Crippen MR) is 66.8 cm³/mol. The van der Waals surface area contributed by atoms with E-state index >= 15 is 0 Å². The molecule has 0 bridgehead atoms. The molecule has 18 heavy (non-hydrogen) atoms. The lowest BCUT2D eigenvalue weighted by atomic mass is 10.2. The normalized spacial score (nSPS) is 13.5. The zero-order valence-electron chi connectivity index (χ0n) is 10.6. The van der Waals surface area contributed by atoms with Crippen LogP contribution in [0.2, 0.25) is 0 Å². The van der Waals surface area contributed by atoms with Crippen LogP contribution in [0.3, 0.4) is 0 Å². The number of hydrogen-bond acceptors (Lipinski definition) is 5. The van der Waals surface area contributed by atoms with Gasteiger partial charge in [-0.15, -0.1) is 0 Å². The first-order valence-corrected chi connectivity index (χ1v) is 7.36. The third kappa shape index (κ3) is 8.02. The van der Waals surface area contributed by atoms with Gasteiger partial charge in [-0.25, -0.2) is 8.42 Å². The summed E-state index contributed by atoms with van der Waals surface area (Å²) in [6.45, 7) is 2.07. The number of carboxylic acid groups (broad SMARTS) is 1. The molecule has 0 saturated carbocycles. The number of primary amides is 1. The molecular weight excluding hydrogens is 260 g/mol. The van der Waals surface area contributed by atoms with Gasteiger partial charge < -0.3 is 15.7 Å². The van der Waals surface area contributed by atoms with Crippen molar-refractivity contribution in [3.63, 3.8) is 0 Å². The minimum absolute atomic E-state index is 0.108. The van der Waals surface area contributed by atoms with Gasteiger partial charge in [0.1, 0.15) is 0 Å². The number of carbonyl (C=O) groups excluding carboxylic acids is 1. The van der Waals surface area contributed by atoms with Crippen LogP contribution in [0.5, 0.6) is 0 Å². The number of nitrogens with zero attached hydrogens (tertiary/aromatic N) is 1. The molecule has 0 aromatic heterocycles. The topological polar surface area (TPSA) is 118 Å². The molecule has 0 aromatic rings. The van der Waals surface area contributed by atoms with Gasteiger partial charge in [0.25, 0.3) is 0 Å². The highest BCUT2D eigenvalue weighted by Crippen LogP contribution is 2.00. The third-order valence-electron chi connectivity index (χ3n) is 2.45. The maximum Gasteiger partial charge on any atom is 0.307 e. The van der Waals surface area contributed by atoms with Crippen LogP contribution in [0, 0.1) is 5.92 Å². The van der Waals surface area contributed by atoms with Crippen LogP contribution in [0.15, 0.2) is 0 Å². The van der Waals surface area contributed by atoms with Crippen molar-refractivity contribution in [3.05, 3.63) is 0 Å². The van der Waals surface area contributed by atoms with Crippen molar-refractivity contribution in [1.82, 2.24) is 4.90 Å². The molecule has 1 atom stereocenters. The van der Waals surface area contributed by atoms with Gasteiger partial charge in [-0.3, -0.25) is 9.59 Å². The van der Waals surface area contributed by atoms with Crippen molar-refractivity contribution in [2.24, 2.45) is 11.7 Å². The summed E-state index contributed by atoms with van der Waals surface area (Å²) in [7, 11) is -1.66. The largest absolute Gasteiger partial charge is 0.481 e. The zero-order chi connectivity index (χ0) is 14.3. The Balaban J connectivity index is 4.07. The number of hydrogen-bond donors (Lipinski definition) is 2. The van der Waals surface area contributed by atoms with E-state index in [-0.39, 0.29) is 31.0 Å². The number of aliphatic carboxylic acids is 1. The van der Waals surface area contributed by atoms with E-state index in [1.807, 2.05) is 0 Å². The molecule has 0 aliphatic carbocycles. The monoisotopic (exact) mass is 280 g/mol. The molecule has 106 valence electrons. The number of nitrogens with two attached hydrogens (primary N) is 1. The summed E-state index contributed by atoms with van der Waals surface area (Å²) in [5, 5.41) is 8.71. The molecule has 0 aromatic carbocycles. The van der Waals surface area contributed by atoms with Gasteiger partial charge in [0.2, 0.25) is 5.91 Å². The Bertz CT molecular complexity index is 393. The highest BCUT2D eigenvalue weighted by atomic mass is 32.2. The maximum absolute atomic E-state index is 11.5. The van der Waals surface area contributed by atoms with Crippen LogP contribution >= 0.6 is 0 Å². The van der Waals surface area contributed by atoms with Crippen molar-refractivity contribution in [3.8, 4) is 0 Å². The Labute approximate surface area is 107 Å². The van der Waals surface area contributed by atoms with Gasteiger partial charge in [0.15, 0.2) is 9.84 Å². The van der Waals surface area contributed by atoms with E-state index in [9.17, 15) is 18.0 Å². The lowest BCUT2D eigenvalue weighted by Gasteiger charge is -2.18. The lowest BCUT2D eigenvalue weighted by molar-refractivity contribution is -0.141. The first kappa shape index (κ1) is 16.9. The van der Waals surface area contributed by atoms with Crippen LogP contribution in [0.1, 0.15) is 13.3 Å². The fraction of sp³-hybridized carbons (Fsp3) is 0.800. The molecule has 3 N–H and O–H groups in total. The summed E-state index contributed by atoms with van der Waals surface area (Å²) >= 11 is 0. The van der Waals surface area contributed by atoms with E-state index < -0.39 is 27.6 Å². The first-order valence-electron chi connectivity index (χ1n) is 5.54. The van der Waals surface area contributed by atoms with Gasteiger partial charge in [-0.2, -0.15) is 0 Å². The Hall–Kier alpha value is -1.15. The average molecular weight is 280 g/mol. The van der Waals surface area contributed by atoms with Gasteiger partial charge in [-0.1, -0.05) is 6.92 Å². The summed E-state index contributed by atoms with van der Waals surface area (Å²) in [5.74, 6) is -2.48. The molecule has 8 heteroatoms. The molecule has 0 radical (unpaired) electrons. The van der Waals surface area contributed by atoms with E-state index in [0.29, 0.717) is 0 Å². The van der Waals surface area contributed by atoms with Crippen LogP contribution < -0.4 is 5.73 Å². The predicted octanol–water partition coefficient (Wildman–Crippen LogP) is -1.07. The van der Waals surface area contributed by atoms with Gasteiger partial charge in [0, 0.05) is 19.5 Å². The Kier molecular flexibility index (Phi) is 6.85. The minimum Gasteiger partial charge on any atom is -0.481 e. The average Bonchev–Trinajstić information content (AvgIpc) is 2.24. The molecule has 0 heterocycles. The van der Waals surface area contributed by atoms with Gasteiger partial charge in [-0.05, 0) is 7.05 Å². The standard InChI is InChI=1S/C10H20N2O5S/c1-8(10(14)15)7-12(2)4-6-18(16,17)5-3-9(11)13/h8H,3-7H2,1-2H3,(H2,11,13)(H,14,15). The highest BCUT2D eigenvalue weighted by Gasteiger charge is 2.17. The molecule has 7 nitrogen and oxygen atoms in total. The number of sulfone groups is 1. The SMILES string of the molecule is CC(CN(C)CCS(=O)(=O)CCC(N)=O)C(=O)O. The molecule has 0 saturated heterocycles. The number of amides is 1. The summed E-state index contributed by atoms with van der Waals surface area (Å²) in [5.41, 5.74) is 4.88. The van der Waals surface area contributed by atoms with Crippen molar-refractivity contribution in [2.75, 3.05) is 31.6 Å². The second-order valence-electron chi connectivity index (χ2n) is 4.37. The first-order chi connectivity index (χ1) is 8.14.